The number of H-pyrrole nitrogens is 1. The largest absolute Gasteiger partial charge is 0.497 e. The lowest BCUT2D eigenvalue weighted by molar-refractivity contribution is -0.158. The van der Waals surface area contributed by atoms with Gasteiger partial charge in [0, 0.05) is 30.6 Å². The van der Waals surface area contributed by atoms with E-state index < -0.39 is 47.9 Å². The summed E-state index contributed by atoms with van der Waals surface area (Å²) in [5, 5.41) is 3.63. The first-order chi connectivity index (χ1) is 20.4. The zero-order valence-corrected chi connectivity index (χ0v) is 23.3. The molecule has 1 aliphatic rings. The predicted octanol–water partition coefficient (Wildman–Crippen LogP) is 3.64. The Morgan fingerprint density at radius 3 is 2.48 bits per heavy atom. The topological polar surface area (TPSA) is 167 Å². The summed E-state index contributed by atoms with van der Waals surface area (Å²) >= 11 is 0. The number of nitrogens with zero attached hydrogens (tertiary/aromatic N) is 4. The standard InChI is InChI=1S/C29H33N5O8/c1-19(35)41-27-26(40-18-21-10-12-22(38-2)13-11-21)25(42-28(27)34-16-14-24(36)32-29(34)37)23(9-6-15-31-33-30)39-17-20-7-4-3-5-8-20/h3-5,7-8,10-14,16,23,25-28H,6,9,15,17-18H2,1-2H3,(H,32,36,37)/t23-,25-,26+,27?,28-/m1/s1. The Hall–Kier alpha value is -4.42. The molecule has 2 aromatic carbocycles. The van der Waals surface area contributed by atoms with Crippen molar-refractivity contribution in [2.24, 2.45) is 5.11 Å². The maximum Gasteiger partial charge on any atom is 0.330 e. The number of ether oxygens (including phenoxy) is 5. The second-order valence-corrected chi connectivity index (χ2v) is 9.64. The molecule has 42 heavy (non-hydrogen) atoms. The summed E-state index contributed by atoms with van der Waals surface area (Å²) in [4.78, 5) is 41.9. The normalized spacial score (nSPS) is 20.4. The lowest BCUT2D eigenvalue weighted by Gasteiger charge is -2.29. The van der Waals surface area contributed by atoms with Crippen molar-refractivity contribution in [3.8, 4) is 5.75 Å². The van der Waals surface area contributed by atoms with Crippen LogP contribution in [0.15, 0.2) is 81.6 Å². The first-order valence-electron chi connectivity index (χ1n) is 13.4. The van der Waals surface area contributed by atoms with Crippen LogP contribution >= 0.6 is 0 Å². The highest BCUT2D eigenvalue weighted by molar-refractivity contribution is 5.66. The van der Waals surface area contributed by atoms with Gasteiger partial charge in [-0.05, 0) is 41.6 Å². The minimum absolute atomic E-state index is 0.129. The Bertz CT molecular complexity index is 1470. The SMILES string of the molecule is COc1ccc(CO[C@@H]2C(OC(C)=O)[C@H](n3ccc(=O)[nH]c3=O)O[C@@H]2[C@@H](CCCN=[N+]=[N-])OCc2ccccc2)cc1. The molecule has 13 heteroatoms. The third-order valence-electron chi connectivity index (χ3n) is 6.74. The van der Waals surface area contributed by atoms with Crippen LogP contribution in [0.5, 0.6) is 5.75 Å². The van der Waals surface area contributed by atoms with Crippen LogP contribution in [0.2, 0.25) is 0 Å². The van der Waals surface area contributed by atoms with E-state index in [9.17, 15) is 14.4 Å². The summed E-state index contributed by atoms with van der Waals surface area (Å²) in [7, 11) is 1.58. The highest BCUT2D eigenvalue weighted by Crippen LogP contribution is 2.37. The monoisotopic (exact) mass is 579 g/mol. The van der Waals surface area contributed by atoms with Crippen LogP contribution in [0.1, 0.15) is 37.1 Å². The number of nitrogens with one attached hydrogen (secondary N) is 1. The summed E-state index contributed by atoms with van der Waals surface area (Å²) in [6, 6.07) is 18.0. The summed E-state index contributed by atoms with van der Waals surface area (Å²) < 4.78 is 31.2. The smallest absolute Gasteiger partial charge is 0.330 e. The molecule has 222 valence electrons. The molecule has 1 aromatic heterocycles. The molecule has 0 spiro atoms. The van der Waals surface area contributed by atoms with Gasteiger partial charge in [0.2, 0.25) is 0 Å². The van der Waals surface area contributed by atoms with Crippen LogP contribution in [0.3, 0.4) is 0 Å². The molecular weight excluding hydrogens is 546 g/mol. The highest BCUT2D eigenvalue weighted by atomic mass is 16.6. The van der Waals surface area contributed by atoms with E-state index in [0.29, 0.717) is 18.6 Å². The van der Waals surface area contributed by atoms with Gasteiger partial charge in [0.15, 0.2) is 12.3 Å². The van der Waals surface area contributed by atoms with Gasteiger partial charge in [0.05, 0.1) is 26.4 Å². The number of carbonyl (C=O) groups is 1. The van der Waals surface area contributed by atoms with Crippen LogP contribution < -0.4 is 16.0 Å². The summed E-state index contributed by atoms with van der Waals surface area (Å²) in [6.07, 6.45) is -2.30. The number of carbonyl (C=O) groups excluding carboxylic acids is 1. The number of azide groups is 1. The molecule has 1 fully saturated rings. The molecule has 13 nitrogen and oxygen atoms in total. The van der Waals surface area contributed by atoms with Gasteiger partial charge in [-0.25, -0.2) is 4.79 Å². The Morgan fingerprint density at radius 2 is 1.81 bits per heavy atom. The molecule has 0 amide bonds. The Balaban J connectivity index is 1.69. The second-order valence-electron chi connectivity index (χ2n) is 9.64. The van der Waals surface area contributed by atoms with Crippen molar-refractivity contribution in [2.45, 2.75) is 63.6 Å². The van der Waals surface area contributed by atoms with E-state index in [4.69, 9.17) is 29.2 Å². The van der Waals surface area contributed by atoms with Gasteiger partial charge in [0.25, 0.3) is 5.56 Å². The van der Waals surface area contributed by atoms with Gasteiger partial charge >= 0.3 is 11.7 Å². The number of aromatic amines is 1. The van der Waals surface area contributed by atoms with E-state index in [2.05, 4.69) is 15.0 Å². The van der Waals surface area contributed by atoms with Crippen molar-refractivity contribution < 1.29 is 28.5 Å². The number of esters is 1. The van der Waals surface area contributed by atoms with Gasteiger partial charge < -0.3 is 23.7 Å². The quantitative estimate of drug-likeness (QED) is 0.0993. The molecule has 1 unspecified atom stereocenters. The van der Waals surface area contributed by atoms with Gasteiger partial charge in [-0.1, -0.05) is 47.6 Å². The Morgan fingerprint density at radius 1 is 1.07 bits per heavy atom. The summed E-state index contributed by atoms with van der Waals surface area (Å²) in [6.45, 7) is 1.87. The highest BCUT2D eigenvalue weighted by Gasteiger charge is 2.52. The molecule has 4 rings (SSSR count). The van der Waals surface area contributed by atoms with Gasteiger partial charge in [0.1, 0.15) is 18.0 Å². The Kier molecular flexibility index (Phi) is 10.9. The molecule has 0 bridgehead atoms. The van der Waals surface area contributed by atoms with Crippen molar-refractivity contribution in [3.63, 3.8) is 0 Å². The van der Waals surface area contributed by atoms with Crippen molar-refractivity contribution in [1.82, 2.24) is 9.55 Å². The van der Waals surface area contributed by atoms with E-state index in [1.54, 1.807) is 19.2 Å². The first kappa shape index (κ1) is 30.5. The predicted molar refractivity (Wildman–Crippen MR) is 151 cm³/mol. The van der Waals surface area contributed by atoms with Crippen molar-refractivity contribution in [1.29, 1.82) is 0 Å². The second kappa shape index (κ2) is 15.0. The summed E-state index contributed by atoms with van der Waals surface area (Å²) in [5.74, 6) is 0.0837. The van der Waals surface area contributed by atoms with Crippen LogP contribution in [0.25, 0.3) is 10.4 Å². The Labute approximate surface area is 241 Å². The van der Waals surface area contributed by atoms with Crippen molar-refractivity contribution in [2.75, 3.05) is 13.7 Å². The van der Waals surface area contributed by atoms with Crippen LogP contribution in [-0.2, 0) is 37.0 Å². The van der Waals surface area contributed by atoms with Crippen LogP contribution in [0.4, 0.5) is 0 Å². The van der Waals surface area contributed by atoms with E-state index in [0.717, 1.165) is 15.7 Å². The van der Waals surface area contributed by atoms with Crippen LogP contribution in [0, 0.1) is 0 Å². The molecule has 3 aromatic rings. The van der Waals surface area contributed by atoms with E-state index in [1.165, 1.54) is 19.2 Å². The number of hydrogen-bond donors (Lipinski definition) is 1. The van der Waals surface area contributed by atoms with Crippen LogP contribution in [-0.4, -0.2) is 53.6 Å². The minimum atomic E-state index is -1.12. The third kappa shape index (κ3) is 8.08. The number of benzene rings is 2. The van der Waals surface area contributed by atoms with Gasteiger partial charge in [-0.15, -0.1) is 0 Å². The van der Waals surface area contributed by atoms with E-state index in [-0.39, 0.29) is 19.8 Å². The number of methoxy groups -OCH3 is 1. The molecule has 1 saturated heterocycles. The third-order valence-corrected chi connectivity index (χ3v) is 6.74. The number of hydrogen-bond acceptors (Lipinski definition) is 9. The van der Waals surface area contributed by atoms with Gasteiger partial charge in [-0.3, -0.25) is 19.1 Å². The van der Waals surface area contributed by atoms with Gasteiger partial charge in [-0.2, -0.15) is 0 Å². The summed E-state index contributed by atoms with van der Waals surface area (Å²) in [5.41, 5.74) is 9.18. The molecule has 0 aliphatic carbocycles. The average Bonchev–Trinajstić information content (AvgIpc) is 3.33. The maximum atomic E-state index is 12.8. The molecule has 1 N–H and O–H groups in total. The van der Waals surface area contributed by atoms with E-state index in [1.807, 2.05) is 42.5 Å². The zero-order chi connectivity index (χ0) is 29.9. The zero-order valence-electron chi connectivity index (χ0n) is 23.3. The molecule has 1 aliphatic heterocycles. The molecule has 5 atom stereocenters. The van der Waals surface area contributed by atoms with Crippen molar-refractivity contribution in [3.05, 3.63) is 109 Å². The maximum absolute atomic E-state index is 12.8. The van der Waals surface area contributed by atoms with E-state index >= 15 is 0 Å². The fourth-order valence-electron chi connectivity index (χ4n) is 4.76. The lowest BCUT2D eigenvalue weighted by atomic mass is 10.0. The number of rotatable bonds is 14. The molecule has 0 saturated carbocycles. The lowest BCUT2D eigenvalue weighted by Crippen LogP contribution is -2.44. The fraction of sp³-hybridized carbons (Fsp3) is 0.414. The molecule has 0 radical (unpaired) electrons. The first-order valence-corrected chi connectivity index (χ1v) is 13.4. The minimum Gasteiger partial charge on any atom is -0.497 e. The average molecular weight is 580 g/mol. The molecular formula is C29H33N5O8. The fourth-order valence-corrected chi connectivity index (χ4v) is 4.76. The number of aromatic nitrogens is 2. The molecule has 2 heterocycles. The van der Waals surface area contributed by atoms with Crippen molar-refractivity contribution >= 4 is 5.97 Å².